The van der Waals surface area contributed by atoms with Gasteiger partial charge in [0, 0.05) is 7.05 Å². The number of H-pyrrole nitrogens is 1. The molecular formula is C22H30N6O5S. The molecule has 1 aliphatic rings. The standard InChI is InChI=1S/C22H30N6O5S/c1-5-7-17-19-20(26(3)25-17)22(29)24-21(23-19)16-14-15(8-9-18(16)33-6-2)34(31,32)27-10-12-28(4,30)13-11-27/h8-9,14H,5-7,10-13H2,1-4H3,(H,23,24,29). The SMILES string of the molecule is CCCc1nn(C)c2c(=O)[nH]c(-c3cc(S(=O)(=O)N4CC[N+](C)([O-])CC4)ccc3OCC)nc12. The van der Waals surface area contributed by atoms with E-state index in [1.54, 1.807) is 20.2 Å². The number of aryl methyl sites for hydroxylation is 2. The summed E-state index contributed by atoms with van der Waals surface area (Å²) in [5, 5.41) is 16.6. The molecule has 0 unspecified atom stereocenters. The molecule has 0 aliphatic carbocycles. The van der Waals surface area contributed by atoms with Gasteiger partial charge in [-0.2, -0.15) is 9.40 Å². The zero-order chi connectivity index (χ0) is 24.7. The van der Waals surface area contributed by atoms with Crippen LogP contribution in [-0.4, -0.2) is 77.0 Å². The molecule has 11 nitrogen and oxygen atoms in total. The third kappa shape index (κ3) is 4.45. The number of nitrogens with one attached hydrogen (secondary N) is 1. The van der Waals surface area contributed by atoms with Crippen molar-refractivity contribution in [2.45, 2.75) is 31.6 Å². The van der Waals surface area contributed by atoms with Crippen LogP contribution in [0.5, 0.6) is 5.75 Å². The van der Waals surface area contributed by atoms with Crippen LogP contribution in [0.25, 0.3) is 22.4 Å². The average molecular weight is 491 g/mol. The van der Waals surface area contributed by atoms with E-state index in [4.69, 9.17) is 4.74 Å². The Labute approximate surface area is 198 Å². The number of aromatic amines is 1. The molecule has 1 saturated heterocycles. The zero-order valence-corrected chi connectivity index (χ0v) is 20.7. The first kappa shape index (κ1) is 24.3. The number of aromatic nitrogens is 4. The fraction of sp³-hybridized carbons (Fsp3) is 0.500. The van der Waals surface area contributed by atoms with Crippen LogP contribution in [0.4, 0.5) is 0 Å². The van der Waals surface area contributed by atoms with E-state index in [0.717, 1.165) is 6.42 Å². The Morgan fingerprint density at radius 1 is 1.24 bits per heavy atom. The van der Waals surface area contributed by atoms with Crippen LogP contribution in [0.2, 0.25) is 0 Å². The fourth-order valence-corrected chi connectivity index (χ4v) is 5.62. The minimum atomic E-state index is -3.85. The van der Waals surface area contributed by atoms with Crippen LogP contribution in [0.15, 0.2) is 27.9 Å². The Morgan fingerprint density at radius 2 is 1.94 bits per heavy atom. The molecular weight excluding hydrogens is 460 g/mol. The van der Waals surface area contributed by atoms with Crippen molar-refractivity contribution in [1.29, 1.82) is 0 Å². The summed E-state index contributed by atoms with van der Waals surface area (Å²) in [5.41, 5.74) is 1.57. The Bertz CT molecular complexity index is 1370. The normalized spacial score (nSPS) is 16.7. The summed E-state index contributed by atoms with van der Waals surface area (Å²) in [5.74, 6) is 0.623. The number of piperazine rings is 1. The summed E-state index contributed by atoms with van der Waals surface area (Å²) >= 11 is 0. The maximum absolute atomic E-state index is 13.3. The van der Waals surface area contributed by atoms with Gasteiger partial charge in [0.1, 0.15) is 17.1 Å². The summed E-state index contributed by atoms with van der Waals surface area (Å²) < 4.78 is 34.8. The van der Waals surface area contributed by atoms with E-state index in [-0.39, 0.29) is 42.5 Å². The van der Waals surface area contributed by atoms with E-state index < -0.39 is 14.7 Å². The molecule has 0 bridgehead atoms. The summed E-state index contributed by atoms with van der Waals surface area (Å²) in [6.07, 6.45) is 1.50. The van der Waals surface area contributed by atoms with Gasteiger partial charge in [-0.15, -0.1) is 0 Å². The smallest absolute Gasteiger partial charge is 0.277 e. The van der Waals surface area contributed by atoms with E-state index in [2.05, 4.69) is 15.1 Å². The van der Waals surface area contributed by atoms with Gasteiger partial charge in [0.2, 0.25) is 10.0 Å². The number of benzene rings is 1. The zero-order valence-electron chi connectivity index (χ0n) is 19.9. The maximum Gasteiger partial charge on any atom is 0.277 e. The molecule has 2 aromatic heterocycles. The second-order valence-corrected chi connectivity index (χ2v) is 10.6. The number of hydrogen-bond donors (Lipinski definition) is 1. The van der Waals surface area contributed by atoms with Gasteiger partial charge in [-0.3, -0.25) is 9.48 Å². The lowest BCUT2D eigenvalue weighted by molar-refractivity contribution is -0.864. The summed E-state index contributed by atoms with van der Waals surface area (Å²) in [6.45, 7) is 4.85. The number of likely N-dealkylation sites (N-methyl/N-ethyl adjacent to an activating group) is 1. The fourth-order valence-electron chi connectivity index (χ4n) is 4.17. The number of hydrogen-bond acceptors (Lipinski definition) is 7. The molecule has 34 heavy (non-hydrogen) atoms. The molecule has 1 aliphatic heterocycles. The molecule has 1 fully saturated rings. The minimum Gasteiger partial charge on any atom is -0.633 e. The molecule has 1 N–H and O–H groups in total. The van der Waals surface area contributed by atoms with Crippen LogP contribution in [0, 0.1) is 5.21 Å². The minimum absolute atomic E-state index is 0.0515. The Kier molecular flexibility index (Phi) is 6.51. The number of quaternary nitrogens is 1. The number of hydroxylamine groups is 3. The second-order valence-electron chi connectivity index (χ2n) is 8.67. The molecule has 184 valence electrons. The highest BCUT2D eigenvalue weighted by Gasteiger charge is 2.32. The van der Waals surface area contributed by atoms with Crippen LogP contribution in [-0.2, 0) is 23.5 Å². The van der Waals surface area contributed by atoms with E-state index >= 15 is 0 Å². The topological polar surface area (TPSA) is 133 Å². The quantitative estimate of drug-likeness (QED) is 0.393. The first-order valence-corrected chi connectivity index (χ1v) is 12.8. The third-order valence-corrected chi connectivity index (χ3v) is 7.93. The largest absolute Gasteiger partial charge is 0.633 e. The van der Waals surface area contributed by atoms with Gasteiger partial charge >= 0.3 is 0 Å². The van der Waals surface area contributed by atoms with E-state index in [9.17, 15) is 18.4 Å². The molecule has 3 aromatic rings. The molecule has 0 amide bonds. The van der Waals surface area contributed by atoms with Crippen LogP contribution in [0.1, 0.15) is 26.0 Å². The lowest BCUT2D eigenvalue weighted by Crippen LogP contribution is -2.54. The van der Waals surface area contributed by atoms with Crippen molar-refractivity contribution >= 4 is 21.1 Å². The van der Waals surface area contributed by atoms with Gasteiger partial charge in [0.25, 0.3) is 5.56 Å². The predicted molar refractivity (Wildman–Crippen MR) is 128 cm³/mol. The van der Waals surface area contributed by atoms with Crippen LogP contribution >= 0.6 is 0 Å². The predicted octanol–water partition coefficient (Wildman–Crippen LogP) is 1.62. The highest BCUT2D eigenvalue weighted by Crippen LogP contribution is 2.32. The lowest BCUT2D eigenvalue weighted by Gasteiger charge is -2.44. The summed E-state index contributed by atoms with van der Waals surface area (Å²) in [4.78, 5) is 20.4. The van der Waals surface area contributed by atoms with Crippen molar-refractivity contribution in [3.05, 3.63) is 39.5 Å². The van der Waals surface area contributed by atoms with E-state index in [0.29, 0.717) is 41.1 Å². The number of sulfonamides is 1. The van der Waals surface area contributed by atoms with Crippen LogP contribution in [0.3, 0.4) is 0 Å². The Hall–Kier alpha value is -2.80. The second kappa shape index (κ2) is 9.10. The van der Waals surface area contributed by atoms with E-state index in [1.807, 2.05) is 13.8 Å². The Balaban J connectivity index is 1.83. The average Bonchev–Trinajstić information content (AvgIpc) is 3.09. The molecule has 1 aromatic carbocycles. The van der Waals surface area contributed by atoms with Crippen molar-refractivity contribution in [3.63, 3.8) is 0 Å². The van der Waals surface area contributed by atoms with Crippen molar-refractivity contribution in [2.75, 3.05) is 39.8 Å². The number of fused-ring (bicyclic) bond motifs is 1. The number of nitrogens with zero attached hydrogens (tertiary/aromatic N) is 5. The Morgan fingerprint density at radius 3 is 2.59 bits per heavy atom. The van der Waals surface area contributed by atoms with Gasteiger partial charge in [0.05, 0.1) is 56.0 Å². The van der Waals surface area contributed by atoms with Gasteiger partial charge in [-0.25, -0.2) is 13.4 Å². The van der Waals surface area contributed by atoms with Gasteiger partial charge in [0.15, 0.2) is 5.52 Å². The summed E-state index contributed by atoms with van der Waals surface area (Å²) in [7, 11) is -0.608. The molecule has 0 radical (unpaired) electrons. The van der Waals surface area contributed by atoms with Crippen LogP contribution < -0.4 is 10.3 Å². The molecule has 12 heteroatoms. The monoisotopic (exact) mass is 490 g/mol. The first-order chi connectivity index (χ1) is 16.1. The number of ether oxygens (including phenoxy) is 1. The van der Waals surface area contributed by atoms with Gasteiger partial charge < -0.3 is 19.6 Å². The molecule has 0 atom stereocenters. The molecule has 0 spiro atoms. The lowest BCUT2D eigenvalue weighted by atomic mass is 10.1. The van der Waals surface area contributed by atoms with Crippen molar-refractivity contribution in [2.24, 2.45) is 7.05 Å². The third-order valence-electron chi connectivity index (χ3n) is 6.04. The first-order valence-electron chi connectivity index (χ1n) is 11.4. The van der Waals surface area contributed by atoms with Crippen molar-refractivity contribution < 1.29 is 17.8 Å². The van der Waals surface area contributed by atoms with Gasteiger partial charge in [-0.1, -0.05) is 13.3 Å². The van der Waals surface area contributed by atoms with Gasteiger partial charge in [-0.05, 0) is 31.5 Å². The highest BCUT2D eigenvalue weighted by atomic mass is 32.2. The maximum atomic E-state index is 13.3. The number of rotatable bonds is 7. The summed E-state index contributed by atoms with van der Waals surface area (Å²) in [6, 6.07) is 4.52. The molecule has 3 heterocycles. The highest BCUT2D eigenvalue weighted by molar-refractivity contribution is 7.89. The molecule has 4 rings (SSSR count). The van der Waals surface area contributed by atoms with Crippen molar-refractivity contribution in [3.8, 4) is 17.1 Å². The molecule has 0 saturated carbocycles. The van der Waals surface area contributed by atoms with Crippen molar-refractivity contribution in [1.82, 2.24) is 24.1 Å². The van der Waals surface area contributed by atoms with E-state index in [1.165, 1.54) is 21.1 Å².